The molecule has 1 aromatic rings. The Morgan fingerprint density at radius 2 is 2.06 bits per heavy atom. The fourth-order valence-corrected chi connectivity index (χ4v) is 1.57. The van der Waals surface area contributed by atoms with E-state index in [4.69, 9.17) is 5.11 Å². The third-order valence-electron chi connectivity index (χ3n) is 2.43. The van der Waals surface area contributed by atoms with E-state index in [1.165, 1.54) is 11.3 Å². The van der Waals surface area contributed by atoms with Crippen molar-refractivity contribution in [2.45, 2.75) is 13.0 Å². The van der Waals surface area contributed by atoms with Crippen LogP contribution in [0.15, 0.2) is 18.2 Å². The molecule has 1 aromatic carbocycles. The highest BCUT2D eigenvalue weighted by Crippen LogP contribution is 2.21. The lowest BCUT2D eigenvalue weighted by atomic mass is 10.1. The molecule has 0 aliphatic heterocycles. The average molecular weight is 224 g/mol. The summed E-state index contributed by atoms with van der Waals surface area (Å²) in [6.07, 6.45) is -0.714. The molecule has 0 saturated heterocycles. The van der Waals surface area contributed by atoms with Crippen molar-refractivity contribution < 1.29 is 10.2 Å². The minimum Gasteiger partial charge on any atom is -0.394 e. The fourth-order valence-electron chi connectivity index (χ4n) is 1.57. The Balaban J connectivity index is 2.66. The maximum absolute atomic E-state index is 9.21. The van der Waals surface area contributed by atoms with Crippen LogP contribution in [0.5, 0.6) is 0 Å². The third kappa shape index (κ3) is 3.40. The summed E-state index contributed by atoms with van der Waals surface area (Å²) in [5, 5.41) is 21.0. The van der Waals surface area contributed by atoms with Gasteiger partial charge < -0.3 is 20.4 Å². The lowest BCUT2D eigenvalue weighted by molar-refractivity contribution is 0.105. The van der Waals surface area contributed by atoms with Gasteiger partial charge in [-0.25, -0.2) is 0 Å². The van der Waals surface area contributed by atoms with Crippen LogP contribution in [-0.4, -0.2) is 43.6 Å². The third-order valence-corrected chi connectivity index (χ3v) is 2.43. The lowest BCUT2D eigenvalue weighted by Crippen LogP contribution is -2.23. The average Bonchev–Trinajstić information content (AvgIpc) is 2.25. The first-order valence-electron chi connectivity index (χ1n) is 5.35. The van der Waals surface area contributed by atoms with Gasteiger partial charge in [0.25, 0.3) is 0 Å². The number of hydrogen-bond acceptors (Lipinski definition) is 4. The second-order valence-corrected chi connectivity index (χ2v) is 4.11. The molecule has 0 aliphatic carbocycles. The molecule has 1 rings (SSSR count). The number of aryl methyl sites for hydroxylation is 1. The Labute approximate surface area is 96.5 Å². The number of hydrogen-bond donors (Lipinski definition) is 3. The zero-order chi connectivity index (χ0) is 12.1. The van der Waals surface area contributed by atoms with Gasteiger partial charge in [0.15, 0.2) is 0 Å². The molecule has 1 unspecified atom stereocenters. The molecule has 0 spiro atoms. The predicted octanol–water partition coefficient (Wildman–Crippen LogP) is 0.826. The number of rotatable bonds is 5. The number of benzene rings is 1. The van der Waals surface area contributed by atoms with Crippen molar-refractivity contribution in [1.82, 2.24) is 0 Å². The fraction of sp³-hybridized carbons (Fsp3) is 0.500. The van der Waals surface area contributed by atoms with Crippen molar-refractivity contribution in [2.75, 3.05) is 37.5 Å². The molecule has 0 amide bonds. The van der Waals surface area contributed by atoms with Gasteiger partial charge in [0.05, 0.1) is 12.7 Å². The zero-order valence-corrected chi connectivity index (χ0v) is 10.1. The van der Waals surface area contributed by atoms with E-state index in [2.05, 4.69) is 10.2 Å². The van der Waals surface area contributed by atoms with Crippen LogP contribution in [0.4, 0.5) is 11.4 Å². The first-order valence-corrected chi connectivity index (χ1v) is 5.35. The summed E-state index contributed by atoms with van der Waals surface area (Å²) >= 11 is 0. The quantitative estimate of drug-likeness (QED) is 0.693. The van der Waals surface area contributed by atoms with Gasteiger partial charge in [0.1, 0.15) is 0 Å². The highest BCUT2D eigenvalue weighted by Gasteiger charge is 2.04. The van der Waals surface area contributed by atoms with Crippen LogP contribution >= 0.6 is 0 Å². The van der Waals surface area contributed by atoms with E-state index in [-0.39, 0.29) is 6.61 Å². The molecule has 0 heterocycles. The van der Waals surface area contributed by atoms with E-state index in [0.717, 1.165) is 5.69 Å². The summed E-state index contributed by atoms with van der Waals surface area (Å²) in [5.41, 5.74) is 3.30. The summed E-state index contributed by atoms with van der Waals surface area (Å²) in [4.78, 5) is 2.06. The van der Waals surface area contributed by atoms with Crippen molar-refractivity contribution in [2.24, 2.45) is 0 Å². The van der Waals surface area contributed by atoms with Gasteiger partial charge in [-0.3, -0.25) is 0 Å². The van der Waals surface area contributed by atoms with E-state index in [9.17, 15) is 5.11 Å². The van der Waals surface area contributed by atoms with Crippen molar-refractivity contribution in [3.05, 3.63) is 23.8 Å². The minimum atomic E-state index is -0.714. The molecule has 90 valence electrons. The number of nitrogens with zero attached hydrogens (tertiary/aromatic N) is 1. The molecule has 1 atom stereocenters. The van der Waals surface area contributed by atoms with E-state index >= 15 is 0 Å². The Kier molecular flexibility index (Phi) is 4.58. The molecule has 0 aromatic heterocycles. The first-order chi connectivity index (χ1) is 7.54. The molecule has 4 nitrogen and oxygen atoms in total. The molecule has 0 fully saturated rings. The topological polar surface area (TPSA) is 55.7 Å². The first kappa shape index (κ1) is 12.8. The van der Waals surface area contributed by atoms with Crippen molar-refractivity contribution in [3.8, 4) is 0 Å². The van der Waals surface area contributed by atoms with E-state index in [0.29, 0.717) is 6.54 Å². The summed E-state index contributed by atoms with van der Waals surface area (Å²) in [6.45, 7) is 2.18. The molecule has 0 aliphatic rings. The molecule has 4 heteroatoms. The predicted molar refractivity (Wildman–Crippen MR) is 67.1 cm³/mol. The Morgan fingerprint density at radius 3 is 2.56 bits per heavy atom. The molecular formula is C12H20N2O2. The molecule has 16 heavy (non-hydrogen) atoms. The van der Waals surface area contributed by atoms with Crippen LogP contribution in [0.25, 0.3) is 0 Å². The molecule has 0 bridgehead atoms. The summed E-state index contributed by atoms with van der Waals surface area (Å²) in [5.74, 6) is 0. The van der Waals surface area contributed by atoms with Crippen molar-refractivity contribution >= 4 is 11.4 Å². The van der Waals surface area contributed by atoms with Gasteiger partial charge in [0.2, 0.25) is 0 Å². The van der Waals surface area contributed by atoms with Crippen LogP contribution in [0.1, 0.15) is 5.56 Å². The number of aliphatic hydroxyl groups excluding tert-OH is 2. The maximum Gasteiger partial charge on any atom is 0.0942 e. The van der Waals surface area contributed by atoms with E-state index in [1.807, 2.05) is 39.2 Å². The second-order valence-electron chi connectivity index (χ2n) is 4.11. The highest BCUT2D eigenvalue weighted by atomic mass is 16.3. The summed E-state index contributed by atoms with van der Waals surface area (Å²) in [7, 11) is 4.01. The minimum absolute atomic E-state index is 0.220. The zero-order valence-electron chi connectivity index (χ0n) is 10.1. The van der Waals surface area contributed by atoms with Gasteiger partial charge >= 0.3 is 0 Å². The molecular weight excluding hydrogens is 204 g/mol. The smallest absolute Gasteiger partial charge is 0.0942 e. The molecule has 0 radical (unpaired) electrons. The number of nitrogens with one attached hydrogen (secondary N) is 1. The SMILES string of the molecule is Cc1cc(NCC(O)CO)ccc1N(C)C. The Hall–Kier alpha value is -1.26. The van der Waals surface area contributed by atoms with Crippen LogP contribution in [-0.2, 0) is 0 Å². The maximum atomic E-state index is 9.21. The largest absolute Gasteiger partial charge is 0.394 e. The van der Waals surface area contributed by atoms with Gasteiger partial charge in [-0.15, -0.1) is 0 Å². The van der Waals surface area contributed by atoms with Crippen LogP contribution in [0.2, 0.25) is 0 Å². The highest BCUT2D eigenvalue weighted by molar-refractivity contribution is 5.59. The van der Waals surface area contributed by atoms with Gasteiger partial charge in [-0.05, 0) is 30.7 Å². The molecule has 0 saturated carbocycles. The van der Waals surface area contributed by atoms with E-state index < -0.39 is 6.10 Å². The van der Waals surface area contributed by atoms with Crippen LogP contribution < -0.4 is 10.2 Å². The van der Waals surface area contributed by atoms with E-state index in [1.54, 1.807) is 0 Å². The number of anilines is 2. The standard InChI is InChI=1S/C12H20N2O2/c1-9-6-10(13-7-11(16)8-15)4-5-12(9)14(2)3/h4-6,11,13,15-16H,7-8H2,1-3H3. The number of aliphatic hydroxyl groups is 2. The van der Waals surface area contributed by atoms with Crippen LogP contribution in [0.3, 0.4) is 0 Å². The summed E-state index contributed by atoms with van der Waals surface area (Å²) < 4.78 is 0. The monoisotopic (exact) mass is 224 g/mol. The van der Waals surface area contributed by atoms with Crippen molar-refractivity contribution in [1.29, 1.82) is 0 Å². The van der Waals surface area contributed by atoms with Gasteiger partial charge in [0, 0.05) is 32.0 Å². The van der Waals surface area contributed by atoms with Gasteiger partial charge in [-0.1, -0.05) is 0 Å². The summed E-state index contributed by atoms with van der Waals surface area (Å²) in [6, 6.07) is 6.02. The van der Waals surface area contributed by atoms with Crippen LogP contribution in [0, 0.1) is 6.92 Å². The second kappa shape index (κ2) is 5.72. The van der Waals surface area contributed by atoms with Gasteiger partial charge in [-0.2, -0.15) is 0 Å². The normalized spacial score (nSPS) is 12.3. The Morgan fingerprint density at radius 1 is 1.38 bits per heavy atom. The van der Waals surface area contributed by atoms with Crippen molar-refractivity contribution in [3.63, 3.8) is 0 Å². The lowest BCUT2D eigenvalue weighted by Gasteiger charge is -2.17. The molecule has 3 N–H and O–H groups in total. The Bertz CT molecular complexity index is 340.